The van der Waals surface area contributed by atoms with Crippen molar-refractivity contribution >= 4 is 23.7 Å². The maximum atomic E-state index is 12.9. The maximum Gasteiger partial charge on any atom is 0.411 e. The van der Waals surface area contributed by atoms with Gasteiger partial charge in [0.15, 0.2) is 0 Å². The number of nitrogens with one attached hydrogen (secondary N) is 2. The highest BCUT2D eigenvalue weighted by Gasteiger charge is 2.31. The third-order valence-electron chi connectivity index (χ3n) is 6.28. The summed E-state index contributed by atoms with van der Waals surface area (Å²) >= 11 is 0. The highest BCUT2D eigenvalue weighted by molar-refractivity contribution is 6.04. The molecule has 180 valence electrons. The Morgan fingerprint density at radius 1 is 0.943 bits per heavy atom. The second-order valence-corrected chi connectivity index (χ2v) is 9.07. The number of aliphatic carboxylic acids is 1. The number of amides is 2. The van der Waals surface area contributed by atoms with Crippen molar-refractivity contribution in [1.29, 1.82) is 0 Å². The molecule has 1 aliphatic carbocycles. The van der Waals surface area contributed by atoms with E-state index in [-0.39, 0.29) is 23.8 Å². The topological polar surface area (TPSA) is 105 Å². The molecule has 0 aromatic heterocycles. The quantitative estimate of drug-likeness (QED) is 0.438. The number of rotatable bonds is 7. The van der Waals surface area contributed by atoms with E-state index >= 15 is 0 Å². The third kappa shape index (κ3) is 4.89. The van der Waals surface area contributed by atoms with Crippen LogP contribution in [0.25, 0.3) is 11.1 Å². The number of carbonyl (C=O) groups is 3. The van der Waals surface area contributed by atoms with Crippen LogP contribution < -0.4 is 10.6 Å². The van der Waals surface area contributed by atoms with Crippen molar-refractivity contribution in [2.45, 2.75) is 38.6 Å². The first-order valence-corrected chi connectivity index (χ1v) is 11.5. The zero-order valence-corrected chi connectivity index (χ0v) is 19.9. The van der Waals surface area contributed by atoms with Crippen LogP contribution in [0.1, 0.15) is 53.7 Å². The van der Waals surface area contributed by atoms with E-state index in [0.29, 0.717) is 6.42 Å². The number of carbonyl (C=O) groups excluding carboxylic acids is 2. The largest absolute Gasteiger partial charge is 0.480 e. The summed E-state index contributed by atoms with van der Waals surface area (Å²) in [6.45, 7) is 4.88. The zero-order valence-electron chi connectivity index (χ0n) is 19.9. The molecule has 0 aliphatic heterocycles. The lowest BCUT2D eigenvalue weighted by atomic mass is 9.98. The summed E-state index contributed by atoms with van der Waals surface area (Å²) < 4.78 is 5.60. The Kier molecular flexibility index (Phi) is 6.60. The first kappa shape index (κ1) is 24.0. The number of carboxylic acids is 1. The van der Waals surface area contributed by atoms with Crippen molar-refractivity contribution in [2.75, 3.05) is 11.9 Å². The highest BCUT2D eigenvalue weighted by atomic mass is 16.5. The maximum absolute atomic E-state index is 12.9. The number of fused-ring (bicyclic) bond motifs is 3. The Morgan fingerprint density at radius 2 is 1.54 bits per heavy atom. The molecule has 3 aromatic carbocycles. The molecule has 35 heavy (non-hydrogen) atoms. The molecule has 0 fully saturated rings. The molecule has 0 bridgehead atoms. The molecular formula is C28H28N2O5. The highest BCUT2D eigenvalue weighted by Crippen LogP contribution is 2.44. The summed E-state index contributed by atoms with van der Waals surface area (Å²) in [5, 5.41) is 14.5. The predicted molar refractivity (Wildman–Crippen MR) is 134 cm³/mol. The zero-order chi connectivity index (χ0) is 25.2. The van der Waals surface area contributed by atoms with E-state index in [1.165, 1.54) is 13.8 Å². The molecule has 7 heteroatoms. The normalized spacial score (nSPS) is 12.4. The Bertz CT molecular complexity index is 1250. The summed E-state index contributed by atoms with van der Waals surface area (Å²) in [7, 11) is 0. The van der Waals surface area contributed by atoms with Gasteiger partial charge in [0.05, 0.1) is 11.3 Å². The SMILES string of the molecule is CCc1ccc(NC(=O)OCC2c3ccccc3-c3ccccc32)c(C(=O)NC(C)(C)C(=O)O)c1. The van der Waals surface area contributed by atoms with Gasteiger partial charge in [-0.25, -0.2) is 9.59 Å². The van der Waals surface area contributed by atoms with E-state index in [1.54, 1.807) is 18.2 Å². The first-order chi connectivity index (χ1) is 16.7. The van der Waals surface area contributed by atoms with Gasteiger partial charge in [-0.15, -0.1) is 0 Å². The summed E-state index contributed by atoms with van der Waals surface area (Å²) in [6, 6.07) is 21.2. The lowest BCUT2D eigenvalue weighted by Crippen LogP contribution is -2.49. The monoisotopic (exact) mass is 472 g/mol. The molecule has 0 unspecified atom stereocenters. The van der Waals surface area contributed by atoms with E-state index in [0.717, 1.165) is 27.8 Å². The van der Waals surface area contributed by atoms with Crippen molar-refractivity contribution in [1.82, 2.24) is 5.32 Å². The van der Waals surface area contributed by atoms with Gasteiger partial charge in [-0.05, 0) is 60.2 Å². The van der Waals surface area contributed by atoms with E-state index in [9.17, 15) is 19.5 Å². The number of anilines is 1. The number of benzene rings is 3. The molecule has 0 heterocycles. The van der Waals surface area contributed by atoms with Crippen LogP contribution in [0.4, 0.5) is 10.5 Å². The molecule has 3 aromatic rings. The minimum atomic E-state index is -1.47. The third-order valence-corrected chi connectivity index (χ3v) is 6.28. The average Bonchev–Trinajstić information content (AvgIpc) is 3.16. The molecular weight excluding hydrogens is 444 g/mol. The lowest BCUT2D eigenvalue weighted by molar-refractivity contribution is -0.143. The van der Waals surface area contributed by atoms with E-state index in [4.69, 9.17) is 4.74 Å². The summed E-state index contributed by atoms with van der Waals surface area (Å²) in [4.78, 5) is 37.1. The van der Waals surface area contributed by atoms with Crippen LogP contribution in [0.2, 0.25) is 0 Å². The van der Waals surface area contributed by atoms with Gasteiger partial charge < -0.3 is 15.2 Å². The molecule has 3 N–H and O–H groups in total. The molecule has 4 rings (SSSR count). The first-order valence-electron chi connectivity index (χ1n) is 11.5. The number of ether oxygens (including phenoxy) is 1. The van der Waals surface area contributed by atoms with E-state index in [2.05, 4.69) is 22.8 Å². The van der Waals surface area contributed by atoms with Crippen LogP contribution in [0.3, 0.4) is 0 Å². The Labute approximate surface area is 204 Å². The molecule has 0 spiro atoms. The van der Waals surface area contributed by atoms with Crippen LogP contribution in [0.15, 0.2) is 66.7 Å². The average molecular weight is 473 g/mol. The Hall–Kier alpha value is -4.13. The van der Waals surface area contributed by atoms with Gasteiger partial charge in [0, 0.05) is 5.92 Å². The second-order valence-electron chi connectivity index (χ2n) is 9.07. The van der Waals surface area contributed by atoms with Crippen molar-refractivity contribution < 1.29 is 24.2 Å². The van der Waals surface area contributed by atoms with Crippen molar-refractivity contribution in [2.24, 2.45) is 0 Å². The minimum Gasteiger partial charge on any atom is -0.480 e. The Morgan fingerprint density at radius 3 is 2.11 bits per heavy atom. The second kappa shape index (κ2) is 9.62. The van der Waals surface area contributed by atoms with Gasteiger partial charge in [0.25, 0.3) is 5.91 Å². The van der Waals surface area contributed by atoms with Crippen LogP contribution in [-0.4, -0.2) is 35.2 Å². The molecule has 0 saturated heterocycles. The van der Waals surface area contributed by atoms with Crippen molar-refractivity contribution in [3.8, 4) is 11.1 Å². The van der Waals surface area contributed by atoms with Gasteiger partial charge >= 0.3 is 12.1 Å². The molecule has 0 radical (unpaired) electrons. The minimum absolute atomic E-state index is 0.0882. The molecule has 1 aliphatic rings. The van der Waals surface area contributed by atoms with Crippen LogP contribution in [0, 0.1) is 0 Å². The van der Waals surface area contributed by atoms with Crippen LogP contribution in [0.5, 0.6) is 0 Å². The van der Waals surface area contributed by atoms with Crippen molar-refractivity contribution in [3.63, 3.8) is 0 Å². The molecule has 0 atom stereocenters. The standard InChI is InChI=1S/C28H28N2O5/c1-4-17-13-14-24(22(15-17)25(31)30-28(2,3)26(32)33)29-27(34)35-16-23-20-11-7-5-9-18(20)19-10-6-8-12-21(19)23/h5-15,23H,4,16H2,1-3H3,(H,29,34)(H,30,31)(H,32,33). The van der Waals surface area contributed by atoms with E-state index in [1.807, 2.05) is 43.3 Å². The number of hydrogen-bond acceptors (Lipinski definition) is 4. The van der Waals surface area contributed by atoms with Gasteiger partial charge in [0.1, 0.15) is 12.1 Å². The van der Waals surface area contributed by atoms with Gasteiger partial charge in [-0.2, -0.15) is 0 Å². The molecule has 7 nitrogen and oxygen atoms in total. The van der Waals surface area contributed by atoms with Gasteiger partial charge in [-0.3, -0.25) is 10.1 Å². The predicted octanol–water partition coefficient (Wildman–Crippen LogP) is 5.20. The molecule has 0 saturated carbocycles. The summed E-state index contributed by atoms with van der Waals surface area (Å²) in [5.41, 5.74) is 4.29. The fourth-order valence-corrected chi connectivity index (χ4v) is 4.26. The smallest absolute Gasteiger partial charge is 0.411 e. The Balaban J connectivity index is 1.51. The number of hydrogen-bond donors (Lipinski definition) is 3. The van der Waals surface area contributed by atoms with Crippen molar-refractivity contribution in [3.05, 3.63) is 89.0 Å². The number of aryl methyl sites for hydroxylation is 1. The van der Waals surface area contributed by atoms with E-state index < -0.39 is 23.5 Å². The van der Waals surface area contributed by atoms with Crippen LogP contribution in [-0.2, 0) is 16.0 Å². The summed E-state index contributed by atoms with van der Waals surface area (Å²) in [5.74, 6) is -1.85. The fraction of sp³-hybridized carbons (Fsp3) is 0.250. The van der Waals surface area contributed by atoms with Gasteiger partial charge in [0.2, 0.25) is 0 Å². The molecule has 2 amide bonds. The van der Waals surface area contributed by atoms with Gasteiger partial charge in [-0.1, -0.05) is 61.5 Å². The van der Waals surface area contributed by atoms with Crippen LogP contribution >= 0.6 is 0 Å². The summed E-state index contributed by atoms with van der Waals surface area (Å²) in [6.07, 6.45) is -0.0176. The fourth-order valence-electron chi connectivity index (χ4n) is 4.26. The lowest BCUT2D eigenvalue weighted by Gasteiger charge is -2.22. The number of carboxylic acid groups (broad SMARTS) is 1.